The summed E-state index contributed by atoms with van der Waals surface area (Å²) >= 11 is 1.87. The van der Waals surface area contributed by atoms with Crippen LogP contribution in [0, 0.1) is 5.92 Å². The highest BCUT2D eigenvalue weighted by atomic mass is 32.2. The van der Waals surface area contributed by atoms with Crippen LogP contribution in [0.3, 0.4) is 0 Å². The highest BCUT2D eigenvalue weighted by molar-refractivity contribution is 8.14. The lowest BCUT2D eigenvalue weighted by Crippen LogP contribution is -2.52. The quantitative estimate of drug-likeness (QED) is 0.771. The van der Waals surface area contributed by atoms with Crippen molar-refractivity contribution >= 4 is 22.8 Å². The maximum absolute atomic E-state index is 12.5. The van der Waals surface area contributed by atoms with Crippen molar-refractivity contribution in [3.8, 4) is 0 Å². The first-order chi connectivity index (χ1) is 9.74. The second kappa shape index (κ2) is 6.35. The molecule has 1 atom stereocenters. The van der Waals surface area contributed by atoms with E-state index >= 15 is 0 Å². The zero-order valence-corrected chi connectivity index (χ0v) is 13.0. The summed E-state index contributed by atoms with van der Waals surface area (Å²) in [4.78, 5) is 21.5. The largest absolute Gasteiger partial charge is 0.348 e. The topological polar surface area (TPSA) is 47.9 Å². The number of amidine groups is 1. The number of amides is 1. The molecule has 3 aliphatic rings. The van der Waals surface area contributed by atoms with Gasteiger partial charge in [-0.1, -0.05) is 18.7 Å². The number of nitrogens with one attached hydrogen (secondary N) is 1. The lowest BCUT2D eigenvalue weighted by molar-refractivity contribution is -0.137. The standard InChI is InChI=1S/C14H24N4OS/c1-11-10-16-14(20-11)18-8-6-17(7-9-18)13(19)12-2-4-15-5-3-12/h11-12,15H,2-10H2,1H3. The first-order valence-corrected chi connectivity index (χ1v) is 8.57. The maximum atomic E-state index is 12.5. The lowest BCUT2D eigenvalue weighted by Gasteiger charge is -2.37. The summed E-state index contributed by atoms with van der Waals surface area (Å²) < 4.78 is 0. The molecule has 5 nitrogen and oxygen atoms in total. The molecule has 2 fully saturated rings. The zero-order chi connectivity index (χ0) is 13.9. The van der Waals surface area contributed by atoms with Crippen molar-refractivity contribution in [3.05, 3.63) is 0 Å². The van der Waals surface area contributed by atoms with Crippen molar-refractivity contribution in [1.82, 2.24) is 15.1 Å². The highest BCUT2D eigenvalue weighted by Gasteiger charge is 2.30. The van der Waals surface area contributed by atoms with Crippen LogP contribution in [-0.2, 0) is 4.79 Å². The van der Waals surface area contributed by atoms with Gasteiger partial charge in [-0.3, -0.25) is 9.79 Å². The number of piperazine rings is 1. The van der Waals surface area contributed by atoms with Crippen LogP contribution in [0.1, 0.15) is 19.8 Å². The van der Waals surface area contributed by atoms with Gasteiger partial charge in [-0.05, 0) is 25.9 Å². The zero-order valence-electron chi connectivity index (χ0n) is 12.2. The Balaban J connectivity index is 1.49. The smallest absolute Gasteiger partial charge is 0.225 e. The lowest BCUT2D eigenvalue weighted by atomic mass is 9.96. The summed E-state index contributed by atoms with van der Waals surface area (Å²) in [6.45, 7) is 8.73. The van der Waals surface area contributed by atoms with Gasteiger partial charge in [-0.25, -0.2) is 0 Å². The summed E-state index contributed by atoms with van der Waals surface area (Å²) in [6.07, 6.45) is 2.00. The average Bonchev–Trinajstić information content (AvgIpc) is 2.94. The number of carbonyl (C=O) groups is 1. The maximum Gasteiger partial charge on any atom is 0.225 e. The van der Waals surface area contributed by atoms with Gasteiger partial charge in [0.15, 0.2) is 5.17 Å². The summed E-state index contributed by atoms with van der Waals surface area (Å²) in [5.41, 5.74) is 0. The van der Waals surface area contributed by atoms with Gasteiger partial charge in [-0.15, -0.1) is 0 Å². The number of carbonyl (C=O) groups excluding carboxylic acids is 1. The summed E-state index contributed by atoms with van der Waals surface area (Å²) in [7, 11) is 0. The molecule has 0 aliphatic carbocycles. The van der Waals surface area contributed by atoms with Crippen LogP contribution in [0.15, 0.2) is 4.99 Å². The number of piperidine rings is 1. The van der Waals surface area contributed by atoms with E-state index in [0.717, 1.165) is 58.7 Å². The number of hydrogen-bond donors (Lipinski definition) is 1. The summed E-state index contributed by atoms with van der Waals surface area (Å²) in [6, 6.07) is 0. The van der Waals surface area contributed by atoms with Crippen molar-refractivity contribution in [2.75, 3.05) is 45.8 Å². The van der Waals surface area contributed by atoms with Crippen LogP contribution < -0.4 is 5.32 Å². The molecule has 0 aromatic rings. The Morgan fingerprint density at radius 1 is 1.25 bits per heavy atom. The van der Waals surface area contributed by atoms with Crippen molar-refractivity contribution in [1.29, 1.82) is 0 Å². The Morgan fingerprint density at radius 2 is 1.95 bits per heavy atom. The van der Waals surface area contributed by atoms with E-state index in [1.165, 1.54) is 5.17 Å². The molecule has 3 rings (SSSR count). The molecule has 1 amide bonds. The molecule has 0 saturated carbocycles. The average molecular weight is 296 g/mol. The third-order valence-corrected chi connectivity index (χ3v) is 5.49. The van der Waals surface area contributed by atoms with Crippen LogP contribution in [0.2, 0.25) is 0 Å². The van der Waals surface area contributed by atoms with E-state index in [-0.39, 0.29) is 5.92 Å². The fourth-order valence-corrected chi connectivity index (χ4v) is 4.07. The molecule has 0 spiro atoms. The van der Waals surface area contributed by atoms with Crippen LogP contribution in [0.25, 0.3) is 0 Å². The van der Waals surface area contributed by atoms with E-state index in [9.17, 15) is 4.79 Å². The number of rotatable bonds is 1. The first-order valence-electron chi connectivity index (χ1n) is 7.69. The molecule has 6 heteroatoms. The minimum absolute atomic E-state index is 0.251. The van der Waals surface area contributed by atoms with Gasteiger partial charge in [0.1, 0.15) is 0 Å². The molecular formula is C14H24N4OS. The summed E-state index contributed by atoms with van der Waals surface area (Å²) in [5.74, 6) is 0.626. The molecule has 0 bridgehead atoms. The van der Waals surface area contributed by atoms with Gasteiger partial charge in [0.2, 0.25) is 5.91 Å². The van der Waals surface area contributed by atoms with Crippen molar-refractivity contribution in [3.63, 3.8) is 0 Å². The van der Waals surface area contributed by atoms with Crippen LogP contribution in [0.4, 0.5) is 0 Å². The molecule has 0 radical (unpaired) electrons. The van der Waals surface area contributed by atoms with Crippen molar-refractivity contribution < 1.29 is 4.79 Å². The van der Waals surface area contributed by atoms with Crippen LogP contribution >= 0.6 is 11.8 Å². The van der Waals surface area contributed by atoms with E-state index in [1.807, 2.05) is 11.8 Å². The van der Waals surface area contributed by atoms with E-state index in [1.54, 1.807) is 0 Å². The normalized spacial score (nSPS) is 28.6. The van der Waals surface area contributed by atoms with Gasteiger partial charge < -0.3 is 15.1 Å². The molecule has 3 heterocycles. The van der Waals surface area contributed by atoms with Gasteiger partial charge in [0, 0.05) is 37.3 Å². The molecule has 3 aliphatic heterocycles. The predicted octanol–water partition coefficient (Wildman–Crippen LogP) is 0.622. The Hall–Kier alpha value is -0.750. The van der Waals surface area contributed by atoms with Crippen LogP contribution in [0.5, 0.6) is 0 Å². The molecular weight excluding hydrogens is 272 g/mol. The van der Waals surface area contributed by atoms with Gasteiger partial charge in [-0.2, -0.15) is 0 Å². The van der Waals surface area contributed by atoms with Gasteiger partial charge in [0.25, 0.3) is 0 Å². The molecule has 0 aromatic heterocycles. The fourth-order valence-electron chi connectivity index (χ4n) is 3.08. The van der Waals surface area contributed by atoms with E-state index in [0.29, 0.717) is 11.2 Å². The van der Waals surface area contributed by atoms with Crippen molar-refractivity contribution in [2.45, 2.75) is 25.0 Å². The second-order valence-electron chi connectivity index (χ2n) is 5.89. The Bertz CT molecular complexity index is 387. The van der Waals surface area contributed by atoms with E-state index < -0.39 is 0 Å². The van der Waals surface area contributed by atoms with Crippen LogP contribution in [-0.4, -0.2) is 71.9 Å². The third kappa shape index (κ3) is 3.11. The van der Waals surface area contributed by atoms with E-state index in [2.05, 4.69) is 27.0 Å². The molecule has 20 heavy (non-hydrogen) atoms. The SMILES string of the molecule is CC1CN=C(N2CCN(C(=O)C3CCNCC3)CC2)S1. The predicted molar refractivity (Wildman–Crippen MR) is 83.1 cm³/mol. The second-order valence-corrected chi connectivity index (χ2v) is 7.29. The number of nitrogens with zero attached hydrogens (tertiary/aromatic N) is 3. The Labute approximate surface area is 125 Å². The number of aliphatic imine (C=N–C) groups is 1. The Morgan fingerprint density at radius 3 is 2.55 bits per heavy atom. The van der Waals surface area contributed by atoms with Gasteiger partial charge >= 0.3 is 0 Å². The fraction of sp³-hybridized carbons (Fsp3) is 0.857. The van der Waals surface area contributed by atoms with Crippen molar-refractivity contribution in [2.24, 2.45) is 10.9 Å². The minimum Gasteiger partial charge on any atom is -0.348 e. The van der Waals surface area contributed by atoms with Gasteiger partial charge in [0.05, 0.1) is 6.54 Å². The Kier molecular flexibility index (Phi) is 4.51. The number of thioether (sulfide) groups is 1. The first kappa shape index (κ1) is 14.2. The summed E-state index contributed by atoms with van der Waals surface area (Å²) in [5, 5.41) is 5.12. The molecule has 1 unspecified atom stereocenters. The third-order valence-electron chi connectivity index (χ3n) is 4.34. The molecule has 1 N–H and O–H groups in total. The highest BCUT2D eigenvalue weighted by Crippen LogP contribution is 2.24. The molecule has 112 valence electrons. The number of hydrogen-bond acceptors (Lipinski definition) is 5. The molecule has 0 aromatic carbocycles. The van der Waals surface area contributed by atoms with E-state index in [4.69, 9.17) is 0 Å². The molecule has 2 saturated heterocycles. The minimum atomic E-state index is 0.251. The monoisotopic (exact) mass is 296 g/mol.